The largest absolute Gasteiger partial charge is 0.383 e. The fourth-order valence-corrected chi connectivity index (χ4v) is 4.63. The Balaban J connectivity index is 1.85. The molecule has 4 atom stereocenters. The molecule has 4 N–H and O–H groups in total. The van der Waals surface area contributed by atoms with Gasteiger partial charge in [0.2, 0.25) is 23.6 Å². The van der Waals surface area contributed by atoms with Crippen molar-refractivity contribution in [3.63, 3.8) is 0 Å². The number of anilines is 1. The van der Waals surface area contributed by atoms with E-state index in [9.17, 15) is 23.6 Å². The number of rotatable bonds is 5. The molecule has 0 aromatic heterocycles. The molecular weight excluding hydrogens is 371 g/mol. The van der Waals surface area contributed by atoms with Crippen molar-refractivity contribution in [2.45, 2.75) is 18.0 Å². The Labute approximate surface area is 159 Å². The molecule has 4 rings (SSSR count). The van der Waals surface area contributed by atoms with E-state index in [1.54, 1.807) is 0 Å². The number of nitrogens with two attached hydrogens (primary N) is 1. The molecule has 0 bridgehead atoms. The summed E-state index contributed by atoms with van der Waals surface area (Å²) in [5.74, 6) is -4.95. The lowest BCUT2D eigenvalue weighted by molar-refractivity contribution is -0.143. The smallest absolute Gasteiger partial charge is 0.250 e. The molecule has 0 radical (unpaired) electrons. The highest BCUT2D eigenvalue weighted by Gasteiger charge is 2.70. The van der Waals surface area contributed by atoms with Crippen LogP contribution in [0.25, 0.3) is 0 Å². The van der Waals surface area contributed by atoms with Crippen molar-refractivity contribution in [2.24, 2.45) is 17.6 Å². The molecular formula is C18H19FN4O5. The molecule has 3 heterocycles. The average molecular weight is 390 g/mol. The molecule has 1 aromatic carbocycles. The molecule has 4 amide bonds. The minimum Gasteiger partial charge on any atom is -0.383 e. The van der Waals surface area contributed by atoms with E-state index in [1.165, 1.54) is 25.3 Å². The number of hydrogen-bond acceptors (Lipinski definition) is 6. The molecule has 0 unspecified atom stereocenters. The van der Waals surface area contributed by atoms with Gasteiger partial charge in [0.1, 0.15) is 11.4 Å². The van der Waals surface area contributed by atoms with E-state index >= 15 is 0 Å². The number of hydrogen-bond donors (Lipinski definition) is 3. The number of imide groups is 1. The Morgan fingerprint density at radius 2 is 2.07 bits per heavy atom. The second-order valence-electron chi connectivity index (χ2n) is 7.20. The van der Waals surface area contributed by atoms with Crippen LogP contribution < -0.4 is 16.4 Å². The summed E-state index contributed by atoms with van der Waals surface area (Å²) in [5.41, 5.74) is 4.28. The molecule has 2 saturated heterocycles. The van der Waals surface area contributed by atoms with Gasteiger partial charge in [-0.1, -0.05) is 0 Å². The quantitative estimate of drug-likeness (QED) is 0.557. The van der Waals surface area contributed by atoms with Crippen LogP contribution in [0.5, 0.6) is 0 Å². The number of primary amides is 1. The normalized spacial score (nSPS) is 30.7. The van der Waals surface area contributed by atoms with Crippen LogP contribution in [0.3, 0.4) is 0 Å². The van der Waals surface area contributed by atoms with Crippen LogP contribution >= 0.6 is 0 Å². The predicted octanol–water partition coefficient (Wildman–Crippen LogP) is -0.932. The van der Waals surface area contributed by atoms with Crippen molar-refractivity contribution in [3.8, 4) is 0 Å². The number of halogens is 1. The van der Waals surface area contributed by atoms with Gasteiger partial charge in [0.05, 0.1) is 25.0 Å². The van der Waals surface area contributed by atoms with E-state index in [0.29, 0.717) is 5.69 Å². The number of carbonyl (C=O) groups excluding carboxylic acids is 4. The highest BCUT2D eigenvalue weighted by molar-refractivity contribution is 6.15. The maximum atomic E-state index is 14.0. The third kappa shape index (κ3) is 2.38. The Morgan fingerprint density at radius 1 is 1.32 bits per heavy atom. The first kappa shape index (κ1) is 18.5. The van der Waals surface area contributed by atoms with E-state index in [-0.39, 0.29) is 25.1 Å². The molecule has 0 saturated carbocycles. The van der Waals surface area contributed by atoms with E-state index in [0.717, 1.165) is 4.90 Å². The molecule has 1 spiro atoms. The molecule has 3 aliphatic rings. The summed E-state index contributed by atoms with van der Waals surface area (Å²) in [5, 5.41) is 5.64. The van der Waals surface area contributed by atoms with E-state index in [2.05, 4.69) is 10.6 Å². The van der Waals surface area contributed by atoms with E-state index < -0.39 is 52.9 Å². The number of benzene rings is 1. The van der Waals surface area contributed by atoms with E-state index in [4.69, 9.17) is 10.5 Å². The zero-order valence-electron chi connectivity index (χ0n) is 15.0. The van der Waals surface area contributed by atoms with Gasteiger partial charge in [-0.25, -0.2) is 4.39 Å². The van der Waals surface area contributed by atoms with Crippen molar-refractivity contribution in [1.82, 2.24) is 10.2 Å². The van der Waals surface area contributed by atoms with Gasteiger partial charge >= 0.3 is 0 Å². The third-order valence-electron chi connectivity index (χ3n) is 5.71. The van der Waals surface area contributed by atoms with Crippen LogP contribution in [0.4, 0.5) is 10.1 Å². The first-order chi connectivity index (χ1) is 13.3. The minimum atomic E-state index is -1.64. The Hall–Kier alpha value is -2.85. The van der Waals surface area contributed by atoms with Gasteiger partial charge in [-0.15, -0.1) is 0 Å². The molecule has 9 nitrogen and oxygen atoms in total. The molecule has 10 heteroatoms. The number of carbonyl (C=O) groups is 4. The van der Waals surface area contributed by atoms with Gasteiger partial charge in [-0.2, -0.15) is 0 Å². The lowest BCUT2D eigenvalue weighted by atomic mass is 9.76. The Bertz CT molecular complexity index is 906. The van der Waals surface area contributed by atoms with Crippen molar-refractivity contribution in [2.75, 3.05) is 25.6 Å². The summed E-state index contributed by atoms with van der Waals surface area (Å²) in [7, 11) is 1.44. The lowest BCUT2D eigenvalue weighted by Crippen LogP contribution is -2.53. The minimum absolute atomic E-state index is 0.0260. The molecule has 28 heavy (non-hydrogen) atoms. The van der Waals surface area contributed by atoms with Gasteiger partial charge in [-0.05, 0) is 18.2 Å². The monoisotopic (exact) mass is 390 g/mol. The second-order valence-corrected chi connectivity index (χ2v) is 7.20. The van der Waals surface area contributed by atoms with Gasteiger partial charge in [0, 0.05) is 30.8 Å². The molecule has 148 valence electrons. The summed E-state index contributed by atoms with van der Waals surface area (Å²) in [4.78, 5) is 51.7. The molecule has 1 aromatic rings. The summed E-state index contributed by atoms with van der Waals surface area (Å²) >= 11 is 0. The number of fused-ring (bicyclic) bond motifs is 4. The first-order valence-corrected chi connectivity index (χ1v) is 8.83. The van der Waals surface area contributed by atoms with Crippen molar-refractivity contribution in [3.05, 3.63) is 29.6 Å². The van der Waals surface area contributed by atoms with Crippen LogP contribution in [-0.4, -0.2) is 54.8 Å². The number of amides is 4. The predicted molar refractivity (Wildman–Crippen MR) is 93.0 cm³/mol. The SMILES string of the molecule is COCCN1C(=O)[C@@H]2[C@H](CC(N)=O)N[C@]3(C(=O)Nc4ccc(F)cc43)[C@@H]2C1=O. The molecule has 0 aliphatic carbocycles. The van der Waals surface area contributed by atoms with E-state index in [1.807, 2.05) is 0 Å². The fourth-order valence-electron chi connectivity index (χ4n) is 4.63. The number of likely N-dealkylation sites (tertiary alicyclic amines) is 1. The number of methoxy groups -OCH3 is 1. The van der Waals surface area contributed by atoms with Crippen LogP contribution in [0.2, 0.25) is 0 Å². The van der Waals surface area contributed by atoms with Crippen LogP contribution in [0.15, 0.2) is 18.2 Å². The Morgan fingerprint density at radius 3 is 2.75 bits per heavy atom. The van der Waals surface area contributed by atoms with Crippen molar-refractivity contribution >= 4 is 29.3 Å². The lowest BCUT2D eigenvalue weighted by Gasteiger charge is -2.29. The van der Waals surface area contributed by atoms with Crippen molar-refractivity contribution in [1.29, 1.82) is 0 Å². The van der Waals surface area contributed by atoms with Gasteiger partial charge in [-0.3, -0.25) is 29.4 Å². The van der Waals surface area contributed by atoms with Crippen LogP contribution in [0.1, 0.15) is 12.0 Å². The van der Waals surface area contributed by atoms with Gasteiger partial charge in [0.15, 0.2) is 0 Å². The van der Waals surface area contributed by atoms with Crippen LogP contribution in [-0.2, 0) is 29.5 Å². The molecule has 3 aliphatic heterocycles. The van der Waals surface area contributed by atoms with Crippen molar-refractivity contribution < 1.29 is 28.3 Å². The maximum Gasteiger partial charge on any atom is 0.250 e. The number of nitrogens with one attached hydrogen (secondary N) is 2. The number of ether oxygens (including phenoxy) is 1. The standard InChI is InChI=1S/C18H19FN4O5/c1-28-5-4-23-15(25)13-11(7-12(20)24)22-18(14(13)16(23)26)9-6-8(19)2-3-10(9)21-17(18)27/h2-3,6,11,13-14,22H,4-5,7H2,1H3,(H2,20,24)(H,21,27)/t11-,13+,14-,18-/m0/s1. The molecule has 2 fully saturated rings. The summed E-state index contributed by atoms with van der Waals surface area (Å²) in [6.07, 6.45) is -0.238. The highest BCUT2D eigenvalue weighted by Crippen LogP contribution is 2.53. The fraction of sp³-hybridized carbons (Fsp3) is 0.444. The Kier molecular flexibility index (Phi) is 4.20. The topological polar surface area (TPSA) is 131 Å². The highest BCUT2D eigenvalue weighted by atomic mass is 19.1. The zero-order chi connectivity index (χ0) is 20.2. The third-order valence-corrected chi connectivity index (χ3v) is 5.71. The number of nitrogens with zero attached hydrogens (tertiary/aromatic N) is 1. The van der Waals surface area contributed by atoms with Crippen LogP contribution in [0, 0.1) is 17.7 Å². The first-order valence-electron chi connectivity index (χ1n) is 8.83. The maximum absolute atomic E-state index is 14.0. The summed E-state index contributed by atoms with van der Waals surface area (Å²) in [6, 6.07) is 2.93. The second kappa shape index (κ2) is 6.35. The summed E-state index contributed by atoms with van der Waals surface area (Å²) in [6.45, 7) is 0.160. The summed E-state index contributed by atoms with van der Waals surface area (Å²) < 4.78 is 18.9. The van der Waals surface area contributed by atoms with Gasteiger partial charge < -0.3 is 15.8 Å². The average Bonchev–Trinajstić information content (AvgIpc) is 3.19. The zero-order valence-corrected chi connectivity index (χ0v) is 15.0. The van der Waals surface area contributed by atoms with Gasteiger partial charge in [0.25, 0.3) is 0 Å².